The second-order valence-electron chi connectivity index (χ2n) is 4.10. The van der Waals surface area contributed by atoms with Gasteiger partial charge in [-0.05, 0) is 36.0 Å². The van der Waals surface area contributed by atoms with Gasteiger partial charge in [-0.2, -0.15) is 13.2 Å². The largest absolute Gasteiger partial charge is 0.452 e. The molecule has 0 aromatic heterocycles. The molecule has 0 spiro atoms. The van der Waals surface area contributed by atoms with Gasteiger partial charge in [-0.3, -0.25) is 9.59 Å². The molecular weight excluding hydrogens is 337 g/mol. The molecule has 2 N–H and O–H groups in total. The van der Waals surface area contributed by atoms with Crippen molar-refractivity contribution in [3.05, 3.63) is 29.8 Å². The number of esters is 1. The minimum atomic E-state index is -4.41. The molecule has 1 aromatic rings. The molecule has 0 radical (unpaired) electrons. The van der Waals surface area contributed by atoms with Crippen molar-refractivity contribution >= 4 is 29.5 Å². The van der Waals surface area contributed by atoms with E-state index in [1.807, 2.05) is 0 Å². The van der Waals surface area contributed by atoms with Gasteiger partial charge in [-0.1, -0.05) is 0 Å². The smallest absolute Gasteiger partial charge is 0.446 e. The molecule has 0 aliphatic rings. The summed E-state index contributed by atoms with van der Waals surface area (Å²) in [7, 11) is 1.40. The van der Waals surface area contributed by atoms with E-state index in [0.29, 0.717) is 0 Å². The third kappa shape index (κ3) is 7.54. The summed E-state index contributed by atoms with van der Waals surface area (Å²) in [6, 6.07) is 4.58. The molecule has 0 saturated carbocycles. The van der Waals surface area contributed by atoms with Gasteiger partial charge in [-0.15, -0.1) is 0 Å². The summed E-state index contributed by atoms with van der Waals surface area (Å²) in [5.74, 6) is -1.95. The molecule has 10 heteroatoms. The third-order valence-electron chi connectivity index (χ3n) is 2.38. The predicted molar refractivity (Wildman–Crippen MR) is 75.7 cm³/mol. The van der Waals surface area contributed by atoms with Gasteiger partial charge in [0, 0.05) is 11.9 Å². The predicted octanol–water partition coefficient (Wildman–Crippen LogP) is 1.32. The average Bonchev–Trinajstić information content (AvgIpc) is 2.49. The quantitative estimate of drug-likeness (QED) is 0.597. The molecular formula is C13H13F3N2O4S. The summed E-state index contributed by atoms with van der Waals surface area (Å²) in [5.41, 5.74) is -4.40. The summed E-state index contributed by atoms with van der Waals surface area (Å²) in [6.07, 6.45) is 0. The van der Waals surface area contributed by atoms with Crippen molar-refractivity contribution in [2.75, 3.05) is 20.2 Å². The molecule has 0 fully saturated rings. The SMILES string of the molecule is CNC(=O)CNC(=O)COC(=O)c1ccc(SC(F)(F)F)cc1. The summed E-state index contributed by atoms with van der Waals surface area (Å²) in [5, 5.41) is 4.51. The van der Waals surface area contributed by atoms with Crippen LogP contribution >= 0.6 is 11.8 Å². The first-order valence-corrected chi connectivity index (χ1v) is 7.03. The highest BCUT2D eigenvalue weighted by atomic mass is 32.2. The first-order chi connectivity index (χ1) is 10.7. The number of halogens is 3. The summed E-state index contributed by atoms with van der Waals surface area (Å²) in [4.78, 5) is 33.8. The van der Waals surface area contributed by atoms with Crippen LogP contribution in [-0.4, -0.2) is 43.5 Å². The van der Waals surface area contributed by atoms with Crippen LogP contribution in [0.3, 0.4) is 0 Å². The Labute approximate surface area is 133 Å². The summed E-state index contributed by atoms with van der Waals surface area (Å²) in [6.45, 7) is -0.856. The van der Waals surface area contributed by atoms with E-state index in [-0.39, 0.29) is 28.8 Å². The van der Waals surface area contributed by atoms with Crippen LogP contribution in [0, 0.1) is 0 Å². The van der Waals surface area contributed by atoms with Crippen LogP contribution in [0.25, 0.3) is 0 Å². The van der Waals surface area contributed by atoms with Gasteiger partial charge >= 0.3 is 11.5 Å². The lowest BCUT2D eigenvalue weighted by Gasteiger charge is -2.07. The number of carbonyl (C=O) groups excluding carboxylic acids is 3. The molecule has 2 amide bonds. The van der Waals surface area contributed by atoms with Crippen molar-refractivity contribution in [1.82, 2.24) is 10.6 Å². The van der Waals surface area contributed by atoms with E-state index >= 15 is 0 Å². The van der Waals surface area contributed by atoms with Gasteiger partial charge in [0.25, 0.3) is 5.91 Å². The Bertz CT molecular complexity index is 576. The molecule has 126 valence electrons. The second-order valence-corrected chi connectivity index (χ2v) is 5.24. The molecule has 23 heavy (non-hydrogen) atoms. The van der Waals surface area contributed by atoms with Crippen LogP contribution in [0.2, 0.25) is 0 Å². The van der Waals surface area contributed by atoms with Crippen molar-refractivity contribution in [3.8, 4) is 0 Å². The number of hydrogen-bond donors (Lipinski definition) is 2. The minimum absolute atomic E-state index is 0.00984. The van der Waals surface area contributed by atoms with E-state index in [0.717, 1.165) is 12.1 Å². The highest BCUT2D eigenvalue weighted by Gasteiger charge is 2.29. The van der Waals surface area contributed by atoms with E-state index in [1.165, 1.54) is 19.2 Å². The number of carbonyl (C=O) groups is 3. The average molecular weight is 350 g/mol. The highest BCUT2D eigenvalue weighted by molar-refractivity contribution is 8.00. The number of ether oxygens (including phenoxy) is 1. The van der Waals surface area contributed by atoms with Gasteiger partial charge in [0.05, 0.1) is 12.1 Å². The van der Waals surface area contributed by atoms with Crippen molar-refractivity contribution in [1.29, 1.82) is 0 Å². The lowest BCUT2D eigenvalue weighted by Crippen LogP contribution is -2.37. The Morgan fingerprint density at radius 2 is 1.74 bits per heavy atom. The lowest BCUT2D eigenvalue weighted by atomic mass is 10.2. The maximum atomic E-state index is 12.2. The van der Waals surface area contributed by atoms with Gasteiger partial charge in [-0.25, -0.2) is 4.79 Å². The van der Waals surface area contributed by atoms with Crippen molar-refractivity contribution in [2.24, 2.45) is 0 Å². The third-order valence-corrected chi connectivity index (χ3v) is 3.12. The first-order valence-electron chi connectivity index (χ1n) is 6.21. The monoisotopic (exact) mass is 350 g/mol. The first kappa shape index (κ1) is 18.8. The van der Waals surface area contributed by atoms with Crippen LogP contribution in [0.1, 0.15) is 10.4 Å². The van der Waals surface area contributed by atoms with E-state index in [4.69, 9.17) is 0 Å². The van der Waals surface area contributed by atoms with Crippen LogP contribution in [-0.2, 0) is 14.3 Å². The Morgan fingerprint density at radius 3 is 2.26 bits per heavy atom. The molecule has 0 bridgehead atoms. The number of benzene rings is 1. The topological polar surface area (TPSA) is 84.5 Å². The van der Waals surface area contributed by atoms with Crippen LogP contribution in [0.4, 0.5) is 13.2 Å². The van der Waals surface area contributed by atoms with Gasteiger partial charge in [0.2, 0.25) is 5.91 Å². The van der Waals surface area contributed by atoms with Crippen molar-refractivity contribution in [2.45, 2.75) is 10.4 Å². The van der Waals surface area contributed by atoms with E-state index < -0.39 is 29.9 Å². The standard InChI is InChI=1S/C13H13F3N2O4S/c1-17-10(19)6-18-11(20)7-22-12(21)8-2-4-9(5-3-8)23-13(14,15)16/h2-5H,6-7H2,1H3,(H,17,19)(H,18,20). The molecule has 0 atom stereocenters. The zero-order chi connectivity index (χ0) is 17.5. The number of amides is 2. The van der Waals surface area contributed by atoms with Crippen molar-refractivity contribution in [3.63, 3.8) is 0 Å². The maximum Gasteiger partial charge on any atom is 0.446 e. The normalized spacial score (nSPS) is 10.8. The summed E-state index contributed by atoms with van der Waals surface area (Å²) < 4.78 is 41.2. The maximum absolute atomic E-state index is 12.2. The number of hydrogen-bond acceptors (Lipinski definition) is 5. The Kier molecular flexibility index (Phi) is 6.89. The Hall–Kier alpha value is -2.23. The van der Waals surface area contributed by atoms with Crippen LogP contribution in [0.5, 0.6) is 0 Å². The van der Waals surface area contributed by atoms with Gasteiger partial charge < -0.3 is 15.4 Å². The Morgan fingerprint density at radius 1 is 1.13 bits per heavy atom. The van der Waals surface area contributed by atoms with Crippen molar-refractivity contribution < 1.29 is 32.3 Å². The second kappa shape index (κ2) is 8.42. The number of nitrogens with one attached hydrogen (secondary N) is 2. The minimum Gasteiger partial charge on any atom is -0.452 e. The molecule has 0 aliphatic carbocycles. The number of thioether (sulfide) groups is 1. The molecule has 0 aliphatic heterocycles. The van der Waals surface area contributed by atoms with Crippen LogP contribution in [0.15, 0.2) is 29.2 Å². The highest BCUT2D eigenvalue weighted by Crippen LogP contribution is 2.36. The number of rotatable bonds is 6. The van der Waals surface area contributed by atoms with E-state index in [2.05, 4.69) is 15.4 Å². The zero-order valence-electron chi connectivity index (χ0n) is 11.9. The molecule has 0 heterocycles. The number of likely N-dealkylation sites (N-methyl/N-ethyl adjacent to an activating group) is 1. The van der Waals surface area contributed by atoms with Gasteiger partial charge in [0.1, 0.15) is 0 Å². The fourth-order valence-electron chi connectivity index (χ4n) is 1.33. The molecule has 1 aromatic carbocycles. The molecule has 1 rings (SSSR count). The zero-order valence-corrected chi connectivity index (χ0v) is 12.7. The fraction of sp³-hybridized carbons (Fsp3) is 0.308. The fourth-order valence-corrected chi connectivity index (χ4v) is 1.86. The lowest BCUT2D eigenvalue weighted by molar-refractivity contribution is -0.127. The van der Waals surface area contributed by atoms with E-state index in [1.54, 1.807) is 0 Å². The number of alkyl halides is 3. The van der Waals surface area contributed by atoms with E-state index in [9.17, 15) is 27.6 Å². The van der Waals surface area contributed by atoms with Gasteiger partial charge in [0.15, 0.2) is 6.61 Å². The molecule has 0 unspecified atom stereocenters. The molecule has 0 saturated heterocycles. The summed E-state index contributed by atoms with van der Waals surface area (Å²) >= 11 is -0.303. The van der Waals surface area contributed by atoms with Crippen LogP contribution < -0.4 is 10.6 Å². The molecule has 6 nitrogen and oxygen atoms in total. The Balaban J connectivity index is 2.46.